The van der Waals surface area contributed by atoms with E-state index in [0.717, 1.165) is 0 Å². The Balaban J connectivity index is 2.96. The summed E-state index contributed by atoms with van der Waals surface area (Å²) in [5.41, 5.74) is 0.466. The second kappa shape index (κ2) is 7.37. The van der Waals surface area contributed by atoms with E-state index < -0.39 is 28.6 Å². The third-order valence-corrected chi connectivity index (χ3v) is 2.96. The number of rotatable bonds is 7. The standard InChI is InChI=1S/C14H17NO5/c1-3-20-14(17)12(10(2)16)9-13(15(18)19)11-7-5-4-6-8-11/h4-8,12-13H,3,9H2,1-2H3. The van der Waals surface area contributed by atoms with Gasteiger partial charge in [0, 0.05) is 16.9 Å². The SMILES string of the molecule is CCOC(=O)C(CC(c1ccccc1)[N+](=O)[O-])C(C)=O. The van der Waals surface area contributed by atoms with E-state index in [-0.39, 0.29) is 13.0 Å². The van der Waals surface area contributed by atoms with E-state index in [2.05, 4.69) is 0 Å². The molecule has 0 spiro atoms. The van der Waals surface area contributed by atoms with E-state index in [0.29, 0.717) is 5.56 Å². The molecule has 1 aromatic carbocycles. The molecule has 6 nitrogen and oxygen atoms in total. The zero-order valence-electron chi connectivity index (χ0n) is 11.4. The van der Waals surface area contributed by atoms with Crippen molar-refractivity contribution >= 4 is 11.8 Å². The number of nitrogens with zero attached hydrogens (tertiary/aromatic N) is 1. The van der Waals surface area contributed by atoms with Crippen LogP contribution in [0.2, 0.25) is 0 Å². The molecular weight excluding hydrogens is 262 g/mol. The molecule has 0 aliphatic rings. The summed E-state index contributed by atoms with van der Waals surface area (Å²) in [5, 5.41) is 11.2. The van der Waals surface area contributed by atoms with E-state index in [4.69, 9.17) is 4.74 Å². The predicted octanol–water partition coefficient (Wildman–Crippen LogP) is 2.16. The Hall–Kier alpha value is -2.24. The maximum Gasteiger partial charge on any atom is 0.316 e. The zero-order chi connectivity index (χ0) is 15.1. The van der Waals surface area contributed by atoms with Crippen LogP contribution in [0.3, 0.4) is 0 Å². The molecule has 0 saturated carbocycles. The highest BCUT2D eigenvalue weighted by Crippen LogP contribution is 2.25. The number of benzene rings is 1. The third kappa shape index (κ3) is 4.15. The number of ether oxygens (including phenoxy) is 1. The van der Waals surface area contributed by atoms with E-state index in [1.807, 2.05) is 0 Å². The molecule has 1 aromatic rings. The number of carbonyl (C=O) groups excluding carboxylic acids is 2. The minimum absolute atomic E-state index is 0.136. The van der Waals surface area contributed by atoms with Gasteiger partial charge in [-0.2, -0.15) is 0 Å². The van der Waals surface area contributed by atoms with E-state index in [9.17, 15) is 19.7 Å². The molecule has 0 aliphatic carbocycles. The summed E-state index contributed by atoms with van der Waals surface area (Å²) < 4.78 is 4.80. The fraction of sp³-hybridized carbons (Fsp3) is 0.429. The van der Waals surface area contributed by atoms with Gasteiger partial charge in [0.15, 0.2) is 0 Å². The molecule has 0 N–H and O–H groups in total. The highest BCUT2D eigenvalue weighted by atomic mass is 16.6. The number of ketones is 1. The van der Waals surface area contributed by atoms with Gasteiger partial charge in [-0.15, -0.1) is 0 Å². The first kappa shape index (κ1) is 15.8. The van der Waals surface area contributed by atoms with Gasteiger partial charge < -0.3 is 4.74 Å². The number of carbonyl (C=O) groups is 2. The normalized spacial score (nSPS) is 13.3. The molecule has 0 radical (unpaired) electrons. The number of nitro groups is 1. The molecule has 0 fully saturated rings. The maximum atomic E-state index is 11.7. The van der Waals surface area contributed by atoms with Crippen molar-refractivity contribution in [3.8, 4) is 0 Å². The van der Waals surface area contributed by atoms with Crippen molar-refractivity contribution in [2.24, 2.45) is 5.92 Å². The lowest BCUT2D eigenvalue weighted by atomic mass is 9.92. The van der Waals surface area contributed by atoms with Gasteiger partial charge in [0.25, 0.3) is 0 Å². The lowest BCUT2D eigenvalue weighted by molar-refractivity contribution is -0.530. The zero-order valence-corrected chi connectivity index (χ0v) is 11.4. The van der Waals surface area contributed by atoms with Crippen molar-refractivity contribution in [1.29, 1.82) is 0 Å². The first-order valence-corrected chi connectivity index (χ1v) is 6.32. The Morgan fingerprint density at radius 3 is 2.35 bits per heavy atom. The van der Waals surface area contributed by atoms with E-state index in [1.54, 1.807) is 37.3 Å². The molecule has 0 aliphatic heterocycles. The maximum absolute atomic E-state index is 11.7. The summed E-state index contributed by atoms with van der Waals surface area (Å²) in [7, 11) is 0. The second-order valence-electron chi connectivity index (χ2n) is 4.36. The van der Waals surface area contributed by atoms with Crippen LogP contribution in [0.4, 0.5) is 0 Å². The van der Waals surface area contributed by atoms with Crippen LogP contribution >= 0.6 is 0 Å². The second-order valence-corrected chi connectivity index (χ2v) is 4.36. The third-order valence-electron chi connectivity index (χ3n) is 2.96. The van der Waals surface area contributed by atoms with Crippen LogP contribution in [-0.4, -0.2) is 23.3 Å². The van der Waals surface area contributed by atoms with Crippen molar-refractivity contribution in [1.82, 2.24) is 0 Å². The number of Topliss-reactive ketones (excluding diaryl/α,β-unsaturated/α-hetero) is 1. The van der Waals surface area contributed by atoms with Crippen LogP contribution in [0.25, 0.3) is 0 Å². The summed E-state index contributed by atoms with van der Waals surface area (Å²) in [6.45, 7) is 3.00. The minimum atomic E-state index is -1.11. The summed E-state index contributed by atoms with van der Waals surface area (Å²) in [5.74, 6) is -2.24. The van der Waals surface area contributed by atoms with Gasteiger partial charge in [-0.1, -0.05) is 30.3 Å². The molecule has 0 saturated heterocycles. The highest BCUT2D eigenvalue weighted by molar-refractivity contribution is 5.97. The quantitative estimate of drug-likeness (QED) is 0.330. The van der Waals surface area contributed by atoms with Crippen molar-refractivity contribution in [3.05, 3.63) is 46.0 Å². The topological polar surface area (TPSA) is 86.5 Å². The lowest BCUT2D eigenvalue weighted by Gasteiger charge is -2.15. The number of esters is 1. The van der Waals surface area contributed by atoms with Gasteiger partial charge >= 0.3 is 5.97 Å². The molecule has 108 valence electrons. The summed E-state index contributed by atoms with van der Waals surface area (Å²) in [6, 6.07) is 7.22. The molecule has 20 heavy (non-hydrogen) atoms. The average molecular weight is 279 g/mol. The Morgan fingerprint density at radius 1 is 1.30 bits per heavy atom. The minimum Gasteiger partial charge on any atom is -0.465 e. The Morgan fingerprint density at radius 2 is 1.90 bits per heavy atom. The lowest BCUT2D eigenvalue weighted by Crippen LogP contribution is -2.28. The van der Waals surface area contributed by atoms with Crippen LogP contribution in [0.1, 0.15) is 31.9 Å². The van der Waals surface area contributed by atoms with Crippen LogP contribution in [-0.2, 0) is 14.3 Å². The molecule has 2 atom stereocenters. The van der Waals surface area contributed by atoms with Gasteiger partial charge in [0.05, 0.1) is 6.61 Å². The Bertz CT molecular complexity index is 486. The van der Waals surface area contributed by atoms with E-state index >= 15 is 0 Å². The number of hydrogen-bond donors (Lipinski definition) is 0. The fourth-order valence-corrected chi connectivity index (χ4v) is 1.91. The molecule has 1 rings (SSSR count). The van der Waals surface area contributed by atoms with Crippen molar-refractivity contribution in [3.63, 3.8) is 0 Å². The van der Waals surface area contributed by atoms with Crippen LogP contribution in [0.5, 0.6) is 0 Å². The Labute approximate surface area is 116 Å². The summed E-state index contributed by atoms with van der Waals surface area (Å²) in [4.78, 5) is 33.9. The van der Waals surface area contributed by atoms with Gasteiger partial charge in [-0.25, -0.2) is 0 Å². The molecule has 6 heteroatoms. The summed E-state index contributed by atoms with van der Waals surface area (Å²) >= 11 is 0. The molecular formula is C14H17NO5. The average Bonchev–Trinajstić information content (AvgIpc) is 2.39. The van der Waals surface area contributed by atoms with Crippen LogP contribution in [0.15, 0.2) is 30.3 Å². The molecule has 0 bridgehead atoms. The van der Waals surface area contributed by atoms with Gasteiger partial charge in [-0.05, 0) is 13.8 Å². The summed E-state index contributed by atoms with van der Waals surface area (Å²) in [6.07, 6.45) is -0.189. The smallest absolute Gasteiger partial charge is 0.316 e. The molecule has 2 unspecified atom stereocenters. The fourth-order valence-electron chi connectivity index (χ4n) is 1.91. The first-order valence-electron chi connectivity index (χ1n) is 6.32. The van der Waals surface area contributed by atoms with Gasteiger partial charge in [-0.3, -0.25) is 19.7 Å². The highest BCUT2D eigenvalue weighted by Gasteiger charge is 2.34. The van der Waals surface area contributed by atoms with Crippen LogP contribution in [0, 0.1) is 16.0 Å². The van der Waals surface area contributed by atoms with Gasteiger partial charge in [0.1, 0.15) is 11.7 Å². The molecule has 0 heterocycles. The van der Waals surface area contributed by atoms with Crippen LogP contribution < -0.4 is 0 Å². The molecule has 0 amide bonds. The van der Waals surface area contributed by atoms with Crippen molar-refractivity contribution in [2.75, 3.05) is 6.61 Å². The predicted molar refractivity (Wildman–Crippen MR) is 71.6 cm³/mol. The molecule has 0 aromatic heterocycles. The van der Waals surface area contributed by atoms with E-state index in [1.165, 1.54) is 6.92 Å². The van der Waals surface area contributed by atoms with Gasteiger partial charge in [0.2, 0.25) is 6.04 Å². The van der Waals surface area contributed by atoms with Crippen molar-refractivity contribution in [2.45, 2.75) is 26.3 Å². The van der Waals surface area contributed by atoms with Crippen molar-refractivity contribution < 1.29 is 19.2 Å². The first-order chi connectivity index (χ1) is 9.47. The monoisotopic (exact) mass is 279 g/mol. The Kier molecular flexibility index (Phi) is 5.83. The largest absolute Gasteiger partial charge is 0.465 e. The number of hydrogen-bond acceptors (Lipinski definition) is 5.